The molecule has 0 aliphatic heterocycles. The minimum Gasteiger partial charge on any atom is -0.508 e. The Morgan fingerprint density at radius 2 is 1.86 bits per heavy atom. The third kappa shape index (κ3) is 3.74. The highest BCUT2D eigenvalue weighted by atomic mass is 32.2. The van der Waals surface area contributed by atoms with Crippen molar-refractivity contribution in [1.29, 1.82) is 0 Å². The quantitative estimate of drug-likeness (QED) is 0.808. The second kappa shape index (κ2) is 5.75. The zero-order valence-electron chi connectivity index (χ0n) is 11.9. The van der Waals surface area contributed by atoms with Gasteiger partial charge in [0.1, 0.15) is 5.75 Å². The lowest BCUT2D eigenvalue weighted by atomic mass is 10.1. The van der Waals surface area contributed by atoms with Gasteiger partial charge < -0.3 is 10.4 Å². The summed E-state index contributed by atoms with van der Waals surface area (Å²) in [5.41, 5.74) is 3.35. The summed E-state index contributed by atoms with van der Waals surface area (Å²) in [6.07, 6.45) is 0. The van der Waals surface area contributed by atoms with Gasteiger partial charge in [0.25, 0.3) is 0 Å². The van der Waals surface area contributed by atoms with E-state index in [9.17, 15) is 13.5 Å². The van der Waals surface area contributed by atoms with Crippen molar-refractivity contribution >= 4 is 15.7 Å². The molecule has 0 aliphatic rings. The Kier molecular flexibility index (Phi) is 4.20. The van der Waals surface area contributed by atoms with Crippen LogP contribution in [0, 0.1) is 13.8 Å². The minimum atomic E-state index is -3.73. The number of aromatic hydroxyl groups is 1. The maximum Gasteiger partial charge on any atom is 0.238 e. The van der Waals surface area contributed by atoms with Crippen molar-refractivity contribution in [2.75, 3.05) is 5.32 Å². The molecular formula is C15H18N2O3S. The van der Waals surface area contributed by atoms with E-state index in [4.69, 9.17) is 5.14 Å². The summed E-state index contributed by atoms with van der Waals surface area (Å²) < 4.78 is 22.8. The normalized spacial score (nSPS) is 11.4. The van der Waals surface area contributed by atoms with Gasteiger partial charge in [-0.15, -0.1) is 0 Å². The monoisotopic (exact) mass is 306 g/mol. The van der Waals surface area contributed by atoms with Gasteiger partial charge in [-0.05, 0) is 37.6 Å². The molecule has 0 bridgehead atoms. The summed E-state index contributed by atoms with van der Waals surface area (Å²) in [5.74, 6) is 0.202. The van der Waals surface area contributed by atoms with Gasteiger partial charge >= 0.3 is 0 Å². The molecule has 0 spiro atoms. The zero-order chi connectivity index (χ0) is 15.6. The predicted octanol–water partition coefficient (Wildman–Crippen LogP) is 2.27. The Morgan fingerprint density at radius 3 is 2.52 bits per heavy atom. The van der Waals surface area contributed by atoms with Crippen LogP contribution in [0.5, 0.6) is 5.75 Å². The molecule has 0 saturated heterocycles. The molecule has 0 amide bonds. The van der Waals surface area contributed by atoms with Crippen LogP contribution in [0.15, 0.2) is 41.3 Å². The fraction of sp³-hybridized carbons (Fsp3) is 0.200. The van der Waals surface area contributed by atoms with Gasteiger partial charge in [-0.25, -0.2) is 13.6 Å². The van der Waals surface area contributed by atoms with Crippen LogP contribution >= 0.6 is 0 Å². The molecule has 0 atom stereocenters. The Balaban J connectivity index is 2.26. The number of aryl methyl sites for hydroxylation is 2. The summed E-state index contributed by atoms with van der Waals surface area (Å²) in [5, 5.41) is 18.1. The van der Waals surface area contributed by atoms with Crippen molar-refractivity contribution in [2.45, 2.75) is 25.3 Å². The molecule has 2 aromatic carbocycles. The molecule has 0 unspecified atom stereocenters. The lowest BCUT2D eigenvalue weighted by Crippen LogP contribution is -2.13. The van der Waals surface area contributed by atoms with Crippen LogP contribution in [0.25, 0.3) is 0 Å². The standard InChI is InChI=1S/C15H18N2O3S/c1-10-3-6-15(18)12(7-10)9-17-14-8-13(21(16,19)20)5-4-11(14)2/h3-8,17-18H,9H2,1-2H3,(H2,16,19,20). The molecule has 0 aromatic heterocycles. The number of nitrogens with two attached hydrogens (primary N) is 1. The summed E-state index contributed by atoms with van der Waals surface area (Å²) in [7, 11) is -3.73. The molecule has 4 N–H and O–H groups in total. The highest BCUT2D eigenvalue weighted by Crippen LogP contribution is 2.23. The second-order valence-corrected chi connectivity index (χ2v) is 6.57. The highest BCUT2D eigenvalue weighted by molar-refractivity contribution is 7.89. The topological polar surface area (TPSA) is 92.4 Å². The molecule has 112 valence electrons. The smallest absolute Gasteiger partial charge is 0.238 e. The predicted molar refractivity (Wildman–Crippen MR) is 82.7 cm³/mol. The van der Waals surface area contributed by atoms with E-state index in [0.29, 0.717) is 12.2 Å². The first kappa shape index (κ1) is 15.3. The number of hydrogen-bond acceptors (Lipinski definition) is 4. The third-order valence-corrected chi connectivity index (χ3v) is 4.15. The molecule has 0 saturated carbocycles. The number of sulfonamides is 1. The SMILES string of the molecule is Cc1ccc(O)c(CNc2cc(S(N)(=O)=O)ccc2C)c1. The van der Waals surface area contributed by atoms with Gasteiger partial charge in [-0.3, -0.25) is 0 Å². The molecule has 2 aromatic rings. The summed E-state index contributed by atoms with van der Waals surface area (Å²) >= 11 is 0. The first-order chi connectivity index (χ1) is 9.77. The summed E-state index contributed by atoms with van der Waals surface area (Å²) in [6, 6.07) is 10.0. The van der Waals surface area contributed by atoms with Gasteiger partial charge in [-0.1, -0.05) is 23.8 Å². The Morgan fingerprint density at radius 1 is 1.14 bits per heavy atom. The van der Waals surface area contributed by atoms with E-state index in [1.807, 2.05) is 26.0 Å². The average molecular weight is 306 g/mol. The highest BCUT2D eigenvalue weighted by Gasteiger charge is 2.10. The first-order valence-corrected chi connectivity index (χ1v) is 7.98. The average Bonchev–Trinajstić information content (AvgIpc) is 2.40. The Labute approximate surface area is 124 Å². The molecule has 21 heavy (non-hydrogen) atoms. The maximum atomic E-state index is 11.4. The lowest BCUT2D eigenvalue weighted by Gasteiger charge is -2.12. The summed E-state index contributed by atoms with van der Waals surface area (Å²) in [4.78, 5) is 0.0593. The van der Waals surface area contributed by atoms with Gasteiger partial charge in [0, 0.05) is 17.8 Å². The molecule has 0 fully saturated rings. The van der Waals surface area contributed by atoms with Gasteiger partial charge in [0.2, 0.25) is 10.0 Å². The molecule has 0 heterocycles. The van der Waals surface area contributed by atoms with Gasteiger partial charge in [0.15, 0.2) is 0 Å². The lowest BCUT2D eigenvalue weighted by molar-refractivity contribution is 0.469. The van der Waals surface area contributed by atoms with Crippen molar-refractivity contribution < 1.29 is 13.5 Å². The first-order valence-electron chi connectivity index (χ1n) is 6.43. The maximum absolute atomic E-state index is 11.4. The van der Waals surface area contributed by atoms with Crippen molar-refractivity contribution in [1.82, 2.24) is 0 Å². The van der Waals surface area contributed by atoms with Crippen LogP contribution in [0.3, 0.4) is 0 Å². The van der Waals surface area contributed by atoms with Crippen LogP contribution in [0.2, 0.25) is 0 Å². The molecule has 5 nitrogen and oxygen atoms in total. The van der Waals surface area contributed by atoms with Crippen LogP contribution in [0.4, 0.5) is 5.69 Å². The largest absolute Gasteiger partial charge is 0.508 e. The van der Waals surface area contributed by atoms with E-state index >= 15 is 0 Å². The fourth-order valence-electron chi connectivity index (χ4n) is 2.01. The molecule has 6 heteroatoms. The van der Waals surface area contributed by atoms with E-state index in [0.717, 1.165) is 16.7 Å². The van der Waals surface area contributed by atoms with Gasteiger partial charge in [-0.2, -0.15) is 0 Å². The Hall–Kier alpha value is -2.05. The Bertz CT molecular complexity index is 770. The van der Waals surface area contributed by atoms with Crippen molar-refractivity contribution in [3.63, 3.8) is 0 Å². The fourth-order valence-corrected chi connectivity index (χ4v) is 2.55. The van der Waals surface area contributed by atoms with Crippen LogP contribution < -0.4 is 10.5 Å². The van der Waals surface area contributed by atoms with E-state index in [1.54, 1.807) is 12.1 Å². The number of anilines is 1. The van der Waals surface area contributed by atoms with Crippen LogP contribution in [-0.2, 0) is 16.6 Å². The van der Waals surface area contributed by atoms with Crippen molar-refractivity contribution in [3.8, 4) is 5.75 Å². The van der Waals surface area contributed by atoms with E-state index in [2.05, 4.69) is 5.32 Å². The zero-order valence-corrected chi connectivity index (χ0v) is 12.7. The number of benzene rings is 2. The number of phenols is 1. The number of phenolic OH excluding ortho intramolecular Hbond substituents is 1. The van der Waals surface area contributed by atoms with Crippen molar-refractivity contribution in [3.05, 3.63) is 53.1 Å². The van der Waals surface area contributed by atoms with Crippen molar-refractivity contribution in [2.24, 2.45) is 5.14 Å². The van der Waals surface area contributed by atoms with E-state index in [-0.39, 0.29) is 10.6 Å². The molecule has 0 radical (unpaired) electrons. The van der Waals surface area contributed by atoms with E-state index in [1.165, 1.54) is 12.1 Å². The number of hydrogen-bond donors (Lipinski definition) is 3. The van der Waals surface area contributed by atoms with Crippen LogP contribution in [-0.4, -0.2) is 13.5 Å². The molecular weight excluding hydrogens is 288 g/mol. The molecule has 2 rings (SSSR count). The number of primary sulfonamides is 1. The second-order valence-electron chi connectivity index (χ2n) is 5.01. The van der Waals surface area contributed by atoms with E-state index < -0.39 is 10.0 Å². The number of nitrogens with one attached hydrogen (secondary N) is 1. The van der Waals surface area contributed by atoms with Crippen LogP contribution in [0.1, 0.15) is 16.7 Å². The molecule has 0 aliphatic carbocycles. The summed E-state index contributed by atoms with van der Waals surface area (Å²) in [6.45, 7) is 4.20. The third-order valence-electron chi connectivity index (χ3n) is 3.24. The van der Waals surface area contributed by atoms with Gasteiger partial charge in [0.05, 0.1) is 4.90 Å². The minimum absolute atomic E-state index is 0.0593. The number of rotatable bonds is 4.